The lowest BCUT2D eigenvalue weighted by molar-refractivity contribution is 0.0724. The van der Waals surface area contributed by atoms with E-state index in [0.717, 1.165) is 44.5 Å². The molecule has 1 saturated carbocycles. The Morgan fingerprint density at radius 2 is 2.12 bits per heavy atom. The second-order valence-corrected chi connectivity index (χ2v) is 7.73. The molecule has 25 heavy (non-hydrogen) atoms. The zero-order valence-corrected chi connectivity index (χ0v) is 16.0. The smallest absolute Gasteiger partial charge is 0.276 e. The van der Waals surface area contributed by atoms with Crippen LogP contribution >= 0.6 is 23.7 Å². The van der Waals surface area contributed by atoms with Gasteiger partial charge in [-0.1, -0.05) is 11.3 Å². The van der Waals surface area contributed by atoms with Gasteiger partial charge in [0.2, 0.25) is 0 Å². The van der Waals surface area contributed by atoms with Crippen LogP contribution in [0.2, 0.25) is 0 Å². The molecule has 2 aromatic heterocycles. The van der Waals surface area contributed by atoms with Crippen molar-refractivity contribution in [2.45, 2.75) is 51.2 Å². The molecule has 0 spiro atoms. The molecule has 0 unspecified atom stereocenters. The minimum absolute atomic E-state index is 0. The Labute approximate surface area is 158 Å². The first-order chi connectivity index (χ1) is 11.7. The van der Waals surface area contributed by atoms with Gasteiger partial charge in [-0.15, -0.1) is 28.8 Å². The Balaban J connectivity index is 0.00000182. The topological polar surface area (TPSA) is 63.1 Å². The number of hydrogen-bond donors (Lipinski definition) is 1. The average molecular weight is 382 g/mol. The number of halogens is 1. The predicted octanol–water partition coefficient (Wildman–Crippen LogP) is 2.80. The van der Waals surface area contributed by atoms with Crippen molar-refractivity contribution in [2.24, 2.45) is 0 Å². The lowest BCUT2D eigenvalue weighted by Crippen LogP contribution is -2.33. The Hall–Kier alpha value is -1.44. The number of nitrogens with zero attached hydrogens (tertiary/aromatic N) is 4. The van der Waals surface area contributed by atoms with E-state index in [0.29, 0.717) is 24.3 Å². The van der Waals surface area contributed by atoms with Crippen molar-refractivity contribution < 1.29 is 4.79 Å². The van der Waals surface area contributed by atoms with E-state index in [1.807, 2.05) is 22.6 Å². The van der Waals surface area contributed by atoms with Crippen LogP contribution in [0.4, 0.5) is 0 Å². The second kappa shape index (κ2) is 7.85. The molecule has 0 bridgehead atoms. The Morgan fingerprint density at radius 3 is 2.76 bits per heavy atom. The first-order valence-electron chi connectivity index (χ1n) is 8.70. The number of nitrogens with one attached hydrogen (secondary N) is 1. The van der Waals surface area contributed by atoms with Crippen LogP contribution in [0.1, 0.15) is 52.8 Å². The molecule has 0 aromatic carbocycles. The van der Waals surface area contributed by atoms with Gasteiger partial charge in [0, 0.05) is 10.9 Å². The molecule has 6 nitrogen and oxygen atoms in total. The molecule has 1 aliphatic carbocycles. The number of thiophene rings is 1. The number of amides is 1. The lowest BCUT2D eigenvalue weighted by atomic mass is 10.1. The molecular weight excluding hydrogens is 358 g/mol. The third-order valence-electron chi connectivity index (χ3n) is 4.94. The van der Waals surface area contributed by atoms with Gasteiger partial charge < -0.3 is 10.2 Å². The van der Waals surface area contributed by atoms with Gasteiger partial charge in [-0.25, -0.2) is 4.68 Å². The highest BCUT2D eigenvalue weighted by molar-refractivity contribution is 7.09. The molecule has 4 rings (SSSR count). The summed E-state index contributed by atoms with van der Waals surface area (Å²) in [6.45, 7) is 4.66. The highest BCUT2D eigenvalue weighted by Gasteiger charge is 2.35. The van der Waals surface area contributed by atoms with E-state index in [-0.39, 0.29) is 18.3 Å². The summed E-state index contributed by atoms with van der Waals surface area (Å²) in [5.74, 6) is 0.0311. The molecule has 136 valence electrons. The standard InChI is InChI=1S/C17H23N5OS.ClH/c1-12-16(19-20-22(12)14-6-8-18-9-7-14)17(23)21(13-4-5-13)11-15-3-2-10-24-15;/h2-3,10,13-14,18H,4-9,11H2,1H3;1H. The van der Waals surface area contributed by atoms with Crippen molar-refractivity contribution >= 4 is 29.7 Å². The molecule has 1 N–H and O–H groups in total. The number of carbonyl (C=O) groups excluding carboxylic acids is 1. The van der Waals surface area contributed by atoms with Gasteiger partial charge in [0.25, 0.3) is 5.91 Å². The number of hydrogen-bond acceptors (Lipinski definition) is 5. The fraction of sp³-hybridized carbons (Fsp3) is 0.588. The largest absolute Gasteiger partial charge is 0.329 e. The van der Waals surface area contributed by atoms with E-state index in [9.17, 15) is 4.79 Å². The lowest BCUT2D eigenvalue weighted by Gasteiger charge is -2.24. The maximum atomic E-state index is 13.1. The van der Waals surface area contributed by atoms with Crippen LogP contribution in [0.5, 0.6) is 0 Å². The normalized spacial score (nSPS) is 18.0. The molecular formula is C17H24ClN5OS. The molecule has 3 heterocycles. The van der Waals surface area contributed by atoms with Crippen molar-refractivity contribution in [3.63, 3.8) is 0 Å². The van der Waals surface area contributed by atoms with Crippen molar-refractivity contribution in [2.75, 3.05) is 13.1 Å². The van der Waals surface area contributed by atoms with Crippen LogP contribution < -0.4 is 5.32 Å². The molecule has 2 fully saturated rings. The van der Waals surface area contributed by atoms with Gasteiger partial charge in [0.1, 0.15) is 0 Å². The van der Waals surface area contributed by atoms with E-state index < -0.39 is 0 Å². The van der Waals surface area contributed by atoms with Gasteiger partial charge in [0.15, 0.2) is 5.69 Å². The van der Waals surface area contributed by atoms with Crippen molar-refractivity contribution in [1.82, 2.24) is 25.2 Å². The molecule has 1 amide bonds. The van der Waals surface area contributed by atoms with E-state index >= 15 is 0 Å². The van der Waals surface area contributed by atoms with Crippen LogP contribution in [0, 0.1) is 6.92 Å². The first-order valence-corrected chi connectivity index (χ1v) is 9.58. The quantitative estimate of drug-likeness (QED) is 0.865. The van der Waals surface area contributed by atoms with Crippen LogP contribution in [0.15, 0.2) is 17.5 Å². The SMILES string of the molecule is Cc1c(C(=O)N(Cc2cccs2)C2CC2)nnn1C1CCNCC1.Cl. The minimum atomic E-state index is 0. The molecule has 2 aromatic rings. The molecule has 1 saturated heterocycles. The molecule has 0 atom stereocenters. The number of carbonyl (C=O) groups is 1. The summed E-state index contributed by atoms with van der Waals surface area (Å²) in [6.07, 6.45) is 4.27. The fourth-order valence-corrected chi connectivity index (χ4v) is 4.10. The summed E-state index contributed by atoms with van der Waals surface area (Å²) >= 11 is 1.70. The summed E-state index contributed by atoms with van der Waals surface area (Å²) in [7, 11) is 0. The van der Waals surface area contributed by atoms with E-state index in [1.54, 1.807) is 11.3 Å². The van der Waals surface area contributed by atoms with Crippen LogP contribution in [-0.2, 0) is 6.54 Å². The van der Waals surface area contributed by atoms with Crippen molar-refractivity contribution in [3.05, 3.63) is 33.8 Å². The zero-order chi connectivity index (χ0) is 16.5. The maximum Gasteiger partial charge on any atom is 0.276 e. The van der Waals surface area contributed by atoms with Gasteiger partial charge in [-0.2, -0.15) is 0 Å². The summed E-state index contributed by atoms with van der Waals surface area (Å²) < 4.78 is 1.96. The van der Waals surface area contributed by atoms with Gasteiger partial charge in [0.05, 0.1) is 18.3 Å². The van der Waals surface area contributed by atoms with Gasteiger partial charge in [-0.3, -0.25) is 4.79 Å². The Kier molecular flexibility index (Phi) is 5.76. The number of piperidine rings is 1. The summed E-state index contributed by atoms with van der Waals surface area (Å²) in [6, 6.07) is 4.84. The number of aromatic nitrogens is 3. The maximum absolute atomic E-state index is 13.1. The van der Waals surface area contributed by atoms with Crippen molar-refractivity contribution in [1.29, 1.82) is 0 Å². The summed E-state index contributed by atoms with van der Waals surface area (Å²) in [4.78, 5) is 16.3. The monoisotopic (exact) mass is 381 g/mol. The highest BCUT2D eigenvalue weighted by atomic mass is 35.5. The van der Waals surface area contributed by atoms with Crippen LogP contribution in [0.25, 0.3) is 0 Å². The first kappa shape index (κ1) is 18.4. The molecule has 8 heteroatoms. The predicted molar refractivity (Wildman–Crippen MR) is 100 cm³/mol. The third kappa shape index (κ3) is 3.88. The minimum Gasteiger partial charge on any atom is -0.329 e. The zero-order valence-electron chi connectivity index (χ0n) is 14.4. The molecule has 0 radical (unpaired) electrons. The van der Waals surface area contributed by atoms with E-state index in [1.165, 1.54) is 4.88 Å². The molecule has 2 aliphatic rings. The Morgan fingerprint density at radius 1 is 1.36 bits per heavy atom. The molecule has 1 aliphatic heterocycles. The average Bonchev–Trinajstić information content (AvgIpc) is 3.17. The van der Waals surface area contributed by atoms with E-state index in [4.69, 9.17) is 0 Å². The van der Waals surface area contributed by atoms with Gasteiger partial charge in [-0.05, 0) is 57.1 Å². The summed E-state index contributed by atoms with van der Waals surface area (Å²) in [5.41, 5.74) is 1.43. The summed E-state index contributed by atoms with van der Waals surface area (Å²) in [5, 5.41) is 14.0. The fourth-order valence-electron chi connectivity index (χ4n) is 3.40. The highest BCUT2D eigenvalue weighted by Crippen LogP contribution is 2.31. The number of rotatable bonds is 5. The van der Waals surface area contributed by atoms with Crippen molar-refractivity contribution in [3.8, 4) is 0 Å². The Bertz CT molecular complexity index is 707. The van der Waals surface area contributed by atoms with Crippen LogP contribution in [-0.4, -0.2) is 44.9 Å². The second-order valence-electron chi connectivity index (χ2n) is 6.69. The van der Waals surface area contributed by atoms with Crippen LogP contribution in [0.3, 0.4) is 0 Å². The third-order valence-corrected chi connectivity index (χ3v) is 5.80. The van der Waals surface area contributed by atoms with Gasteiger partial charge >= 0.3 is 0 Å². The van der Waals surface area contributed by atoms with E-state index in [2.05, 4.69) is 27.1 Å².